The Balaban J connectivity index is 1.71. The lowest BCUT2D eigenvalue weighted by Crippen LogP contribution is -2.23. The van der Waals surface area contributed by atoms with Crippen LogP contribution >= 0.6 is 11.8 Å². The molecule has 122 valence electrons. The van der Waals surface area contributed by atoms with Gasteiger partial charge in [0.2, 0.25) is 0 Å². The fourth-order valence-corrected chi connectivity index (χ4v) is 3.99. The lowest BCUT2D eigenvalue weighted by molar-refractivity contribution is 0.200. The molecule has 1 heterocycles. The van der Waals surface area contributed by atoms with Crippen LogP contribution in [-0.2, 0) is 13.0 Å². The summed E-state index contributed by atoms with van der Waals surface area (Å²) in [6, 6.07) is 17.1. The first kappa shape index (κ1) is 16.4. The highest BCUT2D eigenvalue weighted by Crippen LogP contribution is 2.28. The average molecular weight is 329 g/mol. The smallest absolute Gasteiger partial charge is 0.123 e. The number of hydrogen-bond acceptors (Lipinski definition) is 4. The normalized spacial score (nSPS) is 17.3. The van der Waals surface area contributed by atoms with E-state index >= 15 is 0 Å². The Morgan fingerprint density at radius 2 is 1.96 bits per heavy atom. The highest BCUT2D eigenvalue weighted by Gasteiger charge is 2.18. The Hall–Kier alpha value is -1.49. The SMILES string of the molecule is OCCOc1ccccc1CNC1CSCCc2ccccc21. The molecule has 1 atom stereocenters. The van der Waals surface area contributed by atoms with Crippen molar-refractivity contribution in [1.29, 1.82) is 0 Å². The summed E-state index contributed by atoms with van der Waals surface area (Å²) in [5.74, 6) is 3.13. The van der Waals surface area contributed by atoms with Gasteiger partial charge in [-0.3, -0.25) is 0 Å². The van der Waals surface area contributed by atoms with Crippen molar-refractivity contribution in [2.45, 2.75) is 19.0 Å². The Kier molecular flexibility index (Phi) is 5.97. The van der Waals surface area contributed by atoms with Crippen LogP contribution in [0.2, 0.25) is 0 Å². The molecular formula is C19H23NO2S. The molecule has 0 saturated carbocycles. The van der Waals surface area contributed by atoms with Gasteiger partial charge in [-0.25, -0.2) is 0 Å². The summed E-state index contributed by atoms with van der Waals surface area (Å²) < 4.78 is 5.63. The average Bonchev–Trinajstić information content (AvgIpc) is 2.81. The zero-order chi connectivity index (χ0) is 15.9. The summed E-state index contributed by atoms with van der Waals surface area (Å²) in [6.45, 7) is 1.13. The molecule has 0 bridgehead atoms. The second-order valence-electron chi connectivity index (χ2n) is 5.64. The molecule has 3 rings (SSSR count). The maximum absolute atomic E-state index is 8.95. The van der Waals surface area contributed by atoms with Crippen LogP contribution < -0.4 is 10.1 Å². The second-order valence-corrected chi connectivity index (χ2v) is 6.79. The van der Waals surface area contributed by atoms with E-state index in [1.54, 1.807) is 0 Å². The number of aliphatic hydroxyl groups is 1. The number of rotatable bonds is 6. The Morgan fingerprint density at radius 1 is 1.13 bits per heavy atom. The summed E-state index contributed by atoms with van der Waals surface area (Å²) in [7, 11) is 0. The molecule has 1 unspecified atom stereocenters. The van der Waals surface area contributed by atoms with Crippen LogP contribution in [0.5, 0.6) is 5.75 Å². The van der Waals surface area contributed by atoms with Gasteiger partial charge in [-0.05, 0) is 29.4 Å². The molecule has 0 amide bonds. The number of ether oxygens (including phenoxy) is 1. The van der Waals surface area contributed by atoms with Crippen LogP contribution in [0.1, 0.15) is 22.7 Å². The monoisotopic (exact) mass is 329 g/mol. The van der Waals surface area contributed by atoms with Gasteiger partial charge < -0.3 is 15.2 Å². The number of hydrogen-bond donors (Lipinski definition) is 2. The molecule has 0 aromatic heterocycles. The molecule has 2 aromatic rings. The van der Waals surface area contributed by atoms with Gasteiger partial charge >= 0.3 is 0 Å². The van der Waals surface area contributed by atoms with E-state index in [-0.39, 0.29) is 6.61 Å². The minimum absolute atomic E-state index is 0.0361. The van der Waals surface area contributed by atoms with E-state index in [9.17, 15) is 0 Å². The minimum atomic E-state index is 0.0361. The standard InChI is InChI=1S/C19H23NO2S/c21-10-11-22-19-8-4-2-6-16(19)13-20-18-14-23-12-9-15-5-1-3-7-17(15)18/h1-8,18,20-21H,9-14H2. The fourth-order valence-electron chi connectivity index (χ4n) is 2.92. The molecule has 0 fully saturated rings. The third kappa shape index (κ3) is 4.28. The number of aliphatic hydroxyl groups excluding tert-OH is 1. The number of thioether (sulfide) groups is 1. The van der Waals surface area contributed by atoms with E-state index < -0.39 is 0 Å². The van der Waals surface area contributed by atoms with Crippen molar-refractivity contribution in [3.8, 4) is 5.75 Å². The summed E-state index contributed by atoms with van der Waals surface area (Å²) in [6.07, 6.45) is 1.15. The molecule has 23 heavy (non-hydrogen) atoms. The highest BCUT2D eigenvalue weighted by atomic mass is 32.2. The molecule has 1 aliphatic rings. The van der Waals surface area contributed by atoms with Crippen LogP contribution in [0, 0.1) is 0 Å². The number of para-hydroxylation sites is 1. The number of fused-ring (bicyclic) bond motifs is 1. The summed E-state index contributed by atoms with van der Waals surface area (Å²) in [5, 5.41) is 12.6. The van der Waals surface area contributed by atoms with Crippen LogP contribution in [-0.4, -0.2) is 29.8 Å². The predicted octanol–water partition coefficient (Wildman–Crippen LogP) is 3.18. The molecule has 2 aromatic carbocycles. The quantitative estimate of drug-likeness (QED) is 0.854. The molecule has 0 saturated heterocycles. The molecule has 3 nitrogen and oxygen atoms in total. The fraction of sp³-hybridized carbons (Fsp3) is 0.368. The van der Waals surface area contributed by atoms with E-state index in [1.807, 2.05) is 30.0 Å². The molecule has 2 N–H and O–H groups in total. The number of aryl methyl sites for hydroxylation is 1. The molecular weight excluding hydrogens is 306 g/mol. The van der Waals surface area contributed by atoms with Gasteiger partial charge in [0.25, 0.3) is 0 Å². The van der Waals surface area contributed by atoms with Gasteiger partial charge in [0, 0.05) is 23.9 Å². The largest absolute Gasteiger partial charge is 0.491 e. The van der Waals surface area contributed by atoms with Crippen LogP contribution in [0.25, 0.3) is 0 Å². The van der Waals surface area contributed by atoms with E-state index in [2.05, 4.69) is 35.6 Å². The molecule has 0 aliphatic carbocycles. The second kappa shape index (κ2) is 8.39. The molecule has 0 radical (unpaired) electrons. The van der Waals surface area contributed by atoms with E-state index in [0.717, 1.165) is 30.0 Å². The Labute approximate surface area is 142 Å². The van der Waals surface area contributed by atoms with E-state index in [1.165, 1.54) is 16.9 Å². The lowest BCUT2D eigenvalue weighted by Gasteiger charge is -2.20. The van der Waals surface area contributed by atoms with Gasteiger partial charge in [-0.2, -0.15) is 11.8 Å². The first-order valence-electron chi connectivity index (χ1n) is 8.09. The van der Waals surface area contributed by atoms with Crippen LogP contribution in [0.15, 0.2) is 48.5 Å². The van der Waals surface area contributed by atoms with Gasteiger partial charge in [0.05, 0.1) is 6.61 Å². The first-order valence-corrected chi connectivity index (χ1v) is 9.24. The van der Waals surface area contributed by atoms with E-state index in [0.29, 0.717) is 12.6 Å². The highest BCUT2D eigenvalue weighted by molar-refractivity contribution is 7.99. The van der Waals surface area contributed by atoms with Gasteiger partial charge in [0.1, 0.15) is 12.4 Å². The van der Waals surface area contributed by atoms with Gasteiger partial charge in [-0.1, -0.05) is 42.5 Å². The number of nitrogens with one attached hydrogen (secondary N) is 1. The van der Waals surface area contributed by atoms with Crippen LogP contribution in [0.3, 0.4) is 0 Å². The van der Waals surface area contributed by atoms with Crippen molar-refractivity contribution in [1.82, 2.24) is 5.32 Å². The Bertz CT molecular complexity index is 632. The van der Waals surface area contributed by atoms with Crippen molar-refractivity contribution in [3.05, 3.63) is 65.2 Å². The van der Waals surface area contributed by atoms with Crippen molar-refractivity contribution < 1.29 is 9.84 Å². The summed E-state index contributed by atoms with van der Waals surface area (Å²) in [4.78, 5) is 0. The molecule has 4 heteroatoms. The van der Waals surface area contributed by atoms with Gasteiger partial charge in [-0.15, -0.1) is 0 Å². The van der Waals surface area contributed by atoms with Gasteiger partial charge in [0.15, 0.2) is 0 Å². The zero-order valence-corrected chi connectivity index (χ0v) is 14.0. The molecule has 0 spiro atoms. The Morgan fingerprint density at radius 3 is 2.87 bits per heavy atom. The number of benzene rings is 2. The van der Waals surface area contributed by atoms with Crippen molar-refractivity contribution in [2.24, 2.45) is 0 Å². The summed E-state index contributed by atoms with van der Waals surface area (Å²) in [5.41, 5.74) is 4.01. The van der Waals surface area contributed by atoms with Crippen molar-refractivity contribution in [3.63, 3.8) is 0 Å². The van der Waals surface area contributed by atoms with Crippen molar-refractivity contribution in [2.75, 3.05) is 24.7 Å². The summed E-state index contributed by atoms with van der Waals surface area (Å²) >= 11 is 2.01. The molecule has 1 aliphatic heterocycles. The maximum atomic E-state index is 8.95. The predicted molar refractivity (Wildman–Crippen MR) is 96.1 cm³/mol. The first-order chi connectivity index (χ1) is 11.4. The third-order valence-electron chi connectivity index (χ3n) is 4.09. The van der Waals surface area contributed by atoms with E-state index in [4.69, 9.17) is 9.84 Å². The zero-order valence-electron chi connectivity index (χ0n) is 13.2. The maximum Gasteiger partial charge on any atom is 0.123 e. The third-order valence-corrected chi connectivity index (χ3v) is 5.15. The topological polar surface area (TPSA) is 41.5 Å². The van der Waals surface area contributed by atoms with Crippen molar-refractivity contribution >= 4 is 11.8 Å². The minimum Gasteiger partial charge on any atom is -0.491 e. The lowest BCUT2D eigenvalue weighted by atomic mass is 9.99. The van der Waals surface area contributed by atoms with Crippen LogP contribution in [0.4, 0.5) is 0 Å².